The predicted molar refractivity (Wildman–Crippen MR) is 74.5 cm³/mol. The van der Waals surface area contributed by atoms with E-state index in [1.165, 1.54) is 0 Å². The van der Waals surface area contributed by atoms with Crippen molar-refractivity contribution in [3.63, 3.8) is 0 Å². The Balaban J connectivity index is 2.37. The molecule has 0 unspecified atom stereocenters. The molecule has 0 aromatic heterocycles. The van der Waals surface area contributed by atoms with Gasteiger partial charge in [0.05, 0.1) is 11.4 Å². The van der Waals surface area contributed by atoms with E-state index in [2.05, 4.69) is 24.5 Å². The molecule has 0 heterocycles. The SMILES string of the molecule is CC(C)CCNC(=S)Nc1ccccc1N. The fraction of sp³-hybridized carbons (Fsp3) is 0.417. The van der Waals surface area contributed by atoms with E-state index in [4.69, 9.17) is 18.0 Å². The maximum atomic E-state index is 5.80. The average molecular weight is 237 g/mol. The normalized spacial score (nSPS) is 10.2. The Morgan fingerprint density at radius 2 is 2.06 bits per heavy atom. The summed E-state index contributed by atoms with van der Waals surface area (Å²) in [4.78, 5) is 0. The predicted octanol–water partition coefficient (Wildman–Crippen LogP) is 2.60. The van der Waals surface area contributed by atoms with Crippen LogP contribution in [0.1, 0.15) is 20.3 Å². The van der Waals surface area contributed by atoms with Gasteiger partial charge < -0.3 is 16.4 Å². The second kappa shape index (κ2) is 6.33. The van der Waals surface area contributed by atoms with Crippen LogP contribution in [0.15, 0.2) is 24.3 Å². The fourth-order valence-electron chi connectivity index (χ4n) is 1.25. The molecule has 88 valence electrons. The molecule has 0 aliphatic heterocycles. The third-order valence-electron chi connectivity index (χ3n) is 2.22. The lowest BCUT2D eigenvalue weighted by atomic mass is 10.1. The van der Waals surface area contributed by atoms with Gasteiger partial charge in [0.15, 0.2) is 5.11 Å². The number of rotatable bonds is 4. The standard InChI is InChI=1S/C12H19N3S/c1-9(2)7-8-14-12(16)15-11-6-4-3-5-10(11)13/h3-6,9H,7-8,13H2,1-2H3,(H2,14,15,16). The highest BCUT2D eigenvalue weighted by molar-refractivity contribution is 7.80. The van der Waals surface area contributed by atoms with Crippen molar-refractivity contribution in [2.24, 2.45) is 5.92 Å². The summed E-state index contributed by atoms with van der Waals surface area (Å²) in [6, 6.07) is 7.58. The van der Waals surface area contributed by atoms with E-state index >= 15 is 0 Å². The zero-order valence-electron chi connectivity index (χ0n) is 9.79. The minimum Gasteiger partial charge on any atom is -0.397 e. The van der Waals surface area contributed by atoms with Crippen LogP contribution in [0.3, 0.4) is 0 Å². The Morgan fingerprint density at radius 1 is 1.38 bits per heavy atom. The summed E-state index contributed by atoms with van der Waals surface area (Å²) in [6.45, 7) is 5.26. The van der Waals surface area contributed by atoms with Gasteiger partial charge in [0.1, 0.15) is 0 Å². The smallest absolute Gasteiger partial charge is 0.170 e. The van der Waals surface area contributed by atoms with Crippen molar-refractivity contribution >= 4 is 28.7 Å². The minimum absolute atomic E-state index is 0.624. The molecule has 0 saturated heterocycles. The summed E-state index contributed by atoms with van der Waals surface area (Å²) in [5.74, 6) is 0.678. The number of nitrogens with one attached hydrogen (secondary N) is 2. The minimum atomic E-state index is 0.624. The summed E-state index contributed by atoms with van der Waals surface area (Å²) in [6.07, 6.45) is 1.10. The number of hydrogen-bond donors (Lipinski definition) is 3. The van der Waals surface area contributed by atoms with Crippen molar-refractivity contribution in [2.45, 2.75) is 20.3 Å². The zero-order chi connectivity index (χ0) is 12.0. The zero-order valence-corrected chi connectivity index (χ0v) is 10.6. The van der Waals surface area contributed by atoms with Gasteiger partial charge in [-0.05, 0) is 36.7 Å². The number of nitrogens with two attached hydrogens (primary N) is 1. The molecule has 3 nitrogen and oxygen atoms in total. The Labute approximate surface area is 102 Å². The second-order valence-corrected chi connectivity index (χ2v) is 4.56. The van der Waals surface area contributed by atoms with Crippen molar-refractivity contribution in [3.8, 4) is 0 Å². The van der Waals surface area contributed by atoms with Crippen molar-refractivity contribution in [2.75, 3.05) is 17.6 Å². The van der Waals surface area contributed by atoms with Gasteiger partial charge in [-0.3, -0.25) is 0 Å². The van der Waals surface area contributed by atoms with Crippen LogP contribution in [0.5, 0.6) is 0 Å². The third kappa shape index (κ3) is 4.49. The van der Waals surface area contributed by atoms with E-state index in [9.17, 15) is 0 Å². The molecule has 0 radical (unpaired) electrons. The molecule has 1 aromatic rings. The van der Waals surface area contributed by atoms with Crippen LogP contribution in [-0.4, -0.2) is 11.7 Å². The van der Waals surface area contributed by atoms with E-state index in [1.807, 2.05) is 24.3 Å². The van der Waals surface area contributed by atoms with Gasteiger partial charge in [-0.2, -0.15) is 0 Å². The monoisotopic (exact) mass is 237 g/mol. The van der Waals surface area contributed by atoms with Crippen molar-refractivity contribution in [1.82, 2.24) is 5.32 Å². The van der Waals surface area contributed by atoms with Gasteiger partial charge in [0, 0.05) is 6.54 Å². The molecule has 16 heavy (non-hydrogen) atoms. The third-order valence-corrected chi connectivity index (χ3v) is 2.46. The maximum absolute atomic E-state index is 5.80. The number of thiocarbonyl (C=S) groups is 1. The summed E-state index contributed by atoms with van der Waals surface area (Å²) in [7, 11) is 0. The summed E-state index contributed by atoms with van der Waals surface area (Å²) in [5.41, 5.74) is 7.35. The maximum Gasteiger partial charge on any atom is 0.170 e. The van der Waals surface area contributed by atoms with Gasteiger partial charge in [-0.15, -0.1) is 0 Å². The van der Waals surface area contributed by atoms with Gasteiger partial charge in [-0.1, -0.05) is 26.0 Å². The largest absolute Gasteiger partial charge is 0.397 e. The second-order valence-electron chi connectivity index (χ2n) is 4.15. The van der Waals surface area contributed by atoms with Crippen LogP contribution in [0, 0.1) is 5.92 Å². The summed E-state index contributed by atoms with van der Waals surface area (Å²) in [5, 5.41) is 6.86. The van der Waals surface area contributed by atoms with Gasteiger partial charge in [-0.25, -0.2) is 0 Å². The first-order valence-electron chi connectivity index (χ1n) is 5.49. The van der Waals surface area contributed by atoms with E-state index in [0.717, 1.165) is 18.7 Å². The molecule has 0 aliphatic carbocycles. The van der Waals surface area contributed by atoms with E-state index in [-0.39, 0.29) is 0 Å². The first-order valence-corrected chi connectivity index (χ1v) is 5.89. The highest BCUT2D eigenvalue weighted by Gasteiger charge is 2.00. The molecule has 0 bridgehead atoms. The lowest BCUT2D eigenvalue weighted by molar-refractivity contribution is 0.579. The molecule has 1 rings (SSSR count). The van der Waals surface area contributed by atoms with Gasteiger partial charge in [0.2, 0.25) is 0 Å². The molecule has 4 heteroatoms. The Hall–Kier alpha value is -1.29. The van der Waals surface area contributed by atoms with Gasteiger partial charge >= 0.3 is 0 Å². The van der Waals surface area contributed by atoms with Gasteiger partial charge in [0.25, 0.3) is 0 Å². The highest BCUT2D eigenvalue weighted by atomic mass is 32.1. The summed E-state index contributed by atoms with van der Waals surface area (Å²) >= 11 is 5.17. The van der Waals surface area contributed by atoms with Crippen LogP contribution in [0.25, 0.3) is 0 Å². The lowest BCUT2D eigenvalue weighted by Crippen LogP contribution is -2.30. The molecule has 0 atom stereocenters. The molecule has 4 N–H and O–H groups in total. The molecule has 0 aliphatic rings. The van der Waals surface area contributed by atoms with E-state index in [1.54, 1.807) is 0 Å². The number of anilines is 2. The van der Waals surface area contributed by atoms with Crippen LogP contribution in [0.4, 0.5) is 11.4 Å². The number of hydrogen-bond acceptors (Lipinski definition) is 2. The van der Waals surface area contributed by atoms with Crippen LogP contribution >= 0.6 is 12.2 Å². The fourth-order valence-corrected chi connectivity index (χ4v) is 1.46. The quantitative estimate of drug-likeness (QED) is 0.556. The molecule has 0 spiro atoms. The molecule has 0 amide bonds. The molecular formula is C12H19N3S. The Kier molecular flexibility index (Phi) is 5.05. The molecule has 0 fully saturated rings. The lowest BCUT2D eigenvalue weighted by Gasteiger charge is -2.12. The topological polar surface area (TPSA) is 50.1 Å². The summed E-state index contributed by atoms with van der Waals surface area (Å²) < 4.78 is 0. The van der Waals surface area contributed by atoms with Crippen LogP contribution < -0.4 is 16.4 Å². The highest BCUT2D eigenvalue weighted by Crippen LogP contribution is 2.16. The molecule has 0 saturated carbocycles. The average Bonchev–Trinajstić information content (AvgIpc) is 2.21. The van der Waals surface area contributed by atoms with Crippen molar-refractivity contribution in [1.29, 1.82) is 0 Å². The first kappa shape index (κ1) is 12.8. The Morgan fingerprint density at radius 3 is 2.69 bits per heavy atom. The first-order chi connectivity index (χ1) is 7.59. The number of benzene rings is 1. The number of nitrogen functional groups attached to an aromatic ring is 1. The van der Waals surface area contributed by atoms with Crippen LogP contribution in [0.2, 0.25) is 0 Å². The number of para-hydroxylation sites is 2. The Bertz CT molecular complexity index is 350. The van der Waals surface area contributed by atoms with E-state index < -0.39 is 0 Å². The molecular weight excluding hydrogens is 218 g/mol. The van der Waals surface area contributed by atoms with Crippen molar-refractivity contribution in [3.05, 3.63) is 24.3 Å². The molecule has 1 aromatic carbocycles. The van der Waals surface area contributed by atoms with Crippen molar-refractivity contribution < 1.29 is 0 Å². The van der Waals surface area contributed by atoms with Crippen LogP contribution in [-0.2, 0) is 0 Å². The van der Waals surface area contributed by atoms with E-state index in [0.29, 0.717) is 16.7 Å².